The average molecular weight is 266 g/mol. The van der Waals surface area contributed by atoms with Crippen molar-refractivity contribution in [3.05, 3.63) is 22.3 Å². The van der Waals surface area contributed by atoms with Gasteiger partial charge in [-0.1, -0.05) is 11.6 Å². The fourth-order valence-corrected chi connectivity index (χ4v) is 1.34. The van der Waals surface area contributed by atoms with Gasteiger partial charge in [0.15, 0.2) is 5.15 Å². The van der Waals surface area contributed by atoms with Gasteiger partial charge in [0, 0.05) is 0 Å². The SMILES string of the molecule is CC(C)OCCOc1nc(Cl)c(C#N)cc1C#N. The van der Waals surface area contributed by atoms with Crippen molar-refractivity contribution in [2.75, 3.05) is 13.2 Å². The summed E-state index contributed by atoms with van der Waals surface area (Å²) in [5.74, 6) is 0.119. The molecule has 1 rings (SSSR count). The third-order valence-electron chi connectivity index (χ3n) is 1.96. The number of hydrogen-bond donors (Lipinski definition) is 0. The van der Waals surface area contributed by atoms with Crippen molar-refractivity contribution >= 4 is 11.6 Å². The molecule has 0 amide bonds. The molecule has 5 nitrogen and oxygen atoms in total. The highest BCUT2D eigenvalue weighted by Crippen LogP contribution is 2.22. The molecule has 0 saturated heterocycles. The Morgan fingerprint density at radius 3 is 2.50 bits per heavy atom. The molecule has 1 aromatic heterocycles. The Balaban J connectivity index is 2.74. The molecule has 18 heavy (non-hydrogen) atoms. The van der Waals surface area contributed by atoms with Gasteiger partial charge in [-0.2, -0.15) is 15.5 Å². The molecule has 1 aromatic rings. The molecular weight excluding hydrogens is 254 g/mol. The lowest BCUT2D eigenvalue weighted by molar-refractivity contribution is 0.0542. The van der Waals surface area contributed by atoms with E-state index >= 15 is 0 Å². The minimum atomic E-state index is 0.0243. The lowest BCUT2D eigenvalue weighted by Gasteiger charge is -2.10. The van der Waals surface area contributed by atoms with Crippen LogP contribution in [0.2, 0.25) is 5.15 Å². The van der Waals surface area contributed by atoms with Gasteiger partial charge < -0.3 is 9.47 Å². The number of nitriles is 2. The molecule has 0 aliphatic carbocycles. The van der Waals surface area contributed by atoms with Crippen LogP contribution in [0.5, 0.6) is 5.88 Å². The Kier molecular flexibility index (Phi) is 5.38. The smallest absolute Gasteiger partial charge is 0.233 e. The molecule has 0 radical (unpaired) electrons. The van der Waals surface area contributed by atoms with Gasteiger partial charge in [0.2, 0.25) is 5.88 Å². The molecule has 0 unspecified atom stereocenters. The van der Waals surface area contributed by atoms with E-state index in [0.717, 1.165) is 0 Å². The largest absolute Gasteiger partial charge is 0.474 e. The number of halogens is 1. The van der Waals surface area contributed by atoms with E-state index in [9.17, 15) is 0 Å². The molecule has 0 saturated carbocycles. The van der Waals surface area contributed by atoms with Crippen molar-refractivity contribution in [2.45, 2.75) is 20.0 Å². The fraction of sp³-hybridized carbons (Fsp3) is 0.417. The quantitative estimate of drug-likeness (QED) is 0.603. The molecule has 0 spiro atoms. The Morgan fingerprint density at radius 1 is 1.28 bits per heavy atom. The van der Waals surface area contributed by atoms with E-state index in [2.05, 4.69) is 4.98 Å². The number of hydrogen-bond acceptors (Lipinski definition) is 5. The first-order valence-electron chi connectivity index (χ1n) is 5.33. The van der Waals surface area contributed by atoms with Gasteiger partial charge in [-0.15, -0.1) is 0 Å². The number of pyridine rings is 1. The predicted octanol–water partition coefficient (Wildman–Crippen LogP) is 2.28. The summed E-state index contributed by atoms with van der Waals surface area (Å²) < 4.78 is 10.6. The highest BCUT2D eigenvalue weighted by molar-refractivity contribution is 6.30. The van der Waals surface area contributed by atoms with Gasteiger partial charge in [0.25, 0.3) is 0 Å². The molecule has 6 heteroatoms. The van der Waals surface area contributed by atoms with Crippen LogP contribution in [-0.4, -0.2) is 24.3 Å². The topological polar surface area (TPSA) is 78.9 Å². The Morgan fingerprint density at radius 2 is 1.94 bits per heavy atom. The summed E-state index contributed by atoms with van der Waals surface area (Å²) in [5, 5.41) is 17.7. The number of rotatable bonds is 5. The molecule has 0 aromatic carbocycles. The molecule has 0 aliphatic heterocycles. The van der Waals surface area contributed by atoms with E-state index in [1.165, 1.54) is 6.07 Å². The van der Waals surface area contributed by atoms with Gasteiger partial charge in [0.1, 0.15) is 24.3 Å². The van der Waals surface area contributed by atoms with Crippen molar-refractivity contribution in [2.24, 2.45) is 0 Å². The summed E-state index contributed by atoms with van der Waals surface area (Å²) in [6.07, 6.45) is 0.113. The van der Waals surface area contributed by atoms with Gasteiger partial charge in [-0.3, -0.25) is 0 Å². The van der Waals surface area contributed by atoms with Crippen molar-refractivity contribution < 1.29 is 9.47 Å². The maximum atomic E-state index is 8.92. The van der Waals surface area contributed by atoms with Crippen molar-refractivity contribution in [1.82, 2.24) is 4.98 Å². The minimum absolute atomic E-state index is 0.0243. The van der Waals surface area contributed by atoms with Crippen molar-refractivity contribution in [3.8, 4) is 18.0 Å². The fourth-order valence-electron chi connectivity index (χ4n) is 1.17. The van der Waals surface area contributed by atoms with Crippen LogP contribution in [0.1, 0.15) is 25.0 Å². The first kappa shape index (κ1) is 14.2. The van der Waals surface area contributed by atoms with Crippen LogP contribution in [0.15, 0.2) is 6.07 Å². The van der Waals surface area contributed by atoms with E-state index in [4.69, 9.17) is 31.6 Å². The summed E-state index contributed by atoms with van der Waals surface area (Å²) in [6.45, 7) is 4.49. The Hall–Kier alpha value is -1.82. The highest BCUT2D eigenvalue weighted by Gasteiger charge is 2.11. The highest BCUT2D eigenvalue weighted by atomic mass is 35.5. The van der Waals surface area contributed by atoms with Gasteiger partial charge in [-0.05, 0) is 19.9 Å². The zero-order valence-corrected chi connectivity index (χ0v) is 10.9. The third kappa shape index (κ3) is 3.89. The van der Waals surface area contributed by atoms with E-state index < -0.39 is 0 Å². The summed E-state index contributed by atoms with van der Waals surface area (Å²) in [6, 6.07) is 5.12. The Bertz CT molecular complexity index is 503. The molecule has 0 aliphatic rings. The summed E-state index contributed by atoms with van der Waals surface area (Å²) in [5.41, 5.74) is 0.333. The van der Waals surface area contributed by atoms with Gasteiger partial charge in [-0.25, -0.2) is 0 Å². The minimum Gasteiger partial charge on any atom is -0.474 e. The molecule has 0 fully saturated rings. The van der Waals surface area contributed by atoms with Crippen LogP contribution >= 0.6 is 11.6 Å². The lowest BCUT2D eigenvalue weighted by Crippen LogP contribution is -2.12. The monoisotopic (exact) mass is 265 g/mol. The Labute approximate surface area is 111 Å². The molecule has 0 N–H and O–H groups in total. The predicted molar refractivity (Wildman–Crippen MR) is 65.3 cm³/mol. The molecule has 0 bridgehead atoms. The first-order valence-corrected chi connectivity index (χ1v) is 5.71. The van der Waals surface area contributed by atoms with E-state index in [1.807, 2.05) is 26.0 Å². The lowest BCUT2D eigenvalue weighted by atomic mass is 10.2. The maximum Gasteiger partial charge on any atom is 0.233 e. The normalized spacial score (nSPS) is 9.89. The van der Waals surface area contributed by atoms with Gasteiger partial charge >= 0.3 is 0 Å². The van der Waals surface area contributed by atoms with Crippen molar-refractivity contribution in [3.63, 3.8) is 0 Å². The zero-order valence-electron chi connectivity index (χ0n) is 10.1. The first-order chi connectivity index (χ1) is 8.58. The van der Waals surface area contributed by atoms with E-state index in [1.54, 1.807) is 0 Å². The van der Waals surface area contributed by atoms with E-state index in [0.29, 0.717) is 6.61 Å². The second-order valence-corrected chi connectivity index (χ2v) is 4.03. The number of aromatic nitrogens is 1. The third-order valence-corrected chi connectivity index (χ3v) is 2.24. The van der Waals surface area contributed by atoms with Crippen LogP contribution in [0, 0.1) is 22.7 Å². The van der Waals surface area contributed by atoms with Crippen LogP contribution in [0.3, 0.4) is 0 Å². The average Bonchev–Trinajstić information content (AvgIpc) is 2.34. The molecule has 94 valence electrons. The second-order valence-electron chi connectivity index (χ2n) is 3.67. The second kappa shape index (κ2) is 6.80. The van der Waals surface area contributed by atoms with Crippen LogP contribution < -0.4 is 4.74 Å². The summed E-state index contributed by atoms with van der Waals surface area (Å²) >= 11 is 5.77. The zero-order chi connectivity index (χ0) is 13.5. The summed E-state index contributed by atoms with van der Waals surface area (Å²) in [7, 11) is 0. The van der Waals surface area contributed by atoms with Crippen LogP contribution in [0.4, 0.5) is 0 Å². The maximum absolute atomic E-state index is 8.92. The van der Waals surface area contributed by atoms with E-state index in [-0.39, 0.29) is 34.9 Å². The molecular formula is C12H12ClN3O2. The number of nitrogens with zero attached hydrogens (tertiary/aromatic N) is 3. The van der Waals surface area contributed by atoms with Crippen LogP contribution in [0.25, 0.3) is 0 Å². The van der Waals surface area contributed by atoms with Crippen molar-refractivity contribution in [1.29, 1.82) is 10.5 Å². The standard InChI is InChI=1S/C12H12ClN3O2/c1-8(2)17-3-4-18-12-10(7-15)5-9(6-14)11(13)16-12/h5,8H,3-4H2,1-2H3. The molecule has 0 atom stereocenters. The molecule has 1 heterocycles. The van der Waals surface area contributed by atoms with Gasteiger partial charge in [0.05, 0.1) is 18.3 Å². The summed E-state index contributed by atoms with van der Waals surface area (Å²) in [4.78, 5) is 3.87. The van der Waals surface area contributed by atoms with Crippen LogP contribution in [-0.2, 0) is 4.74 Å². The number of ether oxygens (including phenoxy) is 2.